The molecule has 4 saturated carbocycles. The Morgan fingerprint density at radius 1 is 1.30 bits per heavy atom. The molecule has 0 saturated heterocycles. The first-order valence-electron chi connectivity index (χ1n) is 7.34. The molecule has 2 N–H and O–H groups in total. The number of rotatable bonds is 4. The van der Waals surface area contributed by atoms with Crippen LogP contribution in [0.1, 0.15) is 18.4 Å². The van der Waals surface area contributed by atoms with E-state index in [1.807, 2.05) is 30.3 Å². The molecule has 106 valence electrons. The number of nitrogens with one attached hydrogen (secondary N) is 1. The highest BCUT2D eigenvalue weighted by Gasteiger charge is 2.79. The van der Waals surface area contributed by atoms with Crippen molar-refractivity contribution in [2.45, 2.75) is 25.5 Å². The van der Waals surface area contributed by atoms with Crippen molar-refractivity contribution in [2.75, 3.05) is 6.61 Å². The van der Waals surface area contributed by atoms with Crippen LogP contribution in [0.25, 0.3) is 0 Å². The highest BCUT2D eigenvalue weighted by Crippen LogP contribution is 2.78. The van der Waals surface area contributed by atoms with Crippen LogP contribution in [-0.4, -0.2) is 23.8 Å². The first-order valence-corrected chi connectivity index (χ1v) is 7.34. The van der Waals surface area contributed by atoms with Crippen molar-refractivity contribution in [3.8, 4) is 0 Å². The van der Waals surface area contributed by atoms with Crippen molar-refractivity contribution >= 4 is 6.09 Å². The smallest absolute Gasteiger partial charge is 0.407 e. The van der Waals surface area contributed by atoms with E-state index in [0.29, 0.717) is 24.4 Å². The largest absolute Gasteiger partial charge is 0.445 e. The molecule has 1 amide bonds. The average Bonchev–Trinajstić information content (AvgIpc) is 2.84. The van der Waals surface area contributed by atoms with Gasteiger partial charge in [-0.15, -0.1) is 0 Å². The van der Waals surface area contributed by atoms with Gasteiger partial charge < -0.3 is 15.2 Å². The SMILES string of the molecule is O=C(NC1C2CC3C(C2)C31CO)OCc1ccccc1. The summed E-state index contributed by atoms with van der Waals surface area (Å²) in [4.78, 5) is 11.9. The zero-order chi connectivity index (χ0) is 13.7. The third-order valence-corrected chi connectivity index (χ3v) is 5.68. The van der Waals surface area contributed by atoms with Crippen molar-refractivity contribution in [3.05, 3.63) is 35.9 Å². The van der Waals surface area contributed by atoms with Crippen LogP contribution in [-0.2, 0) is 11.3 Å². The number of benzene rings is 1. The van der Waals surface area contributed by atoms with E-state index in [1.54, 1.807) is 0 Å². The van der Waals surface area contributed by atoms with Gasteiger partial charge in [0.15, 0.2) is 0 Å². The molecule has 0 aliphatic heterocycles. The maximum atomic E-state index is 11.9. The Hall–Kier alpha value is -1.55. The van der Waals surface area contributed by atoms with E-state index in [1.165, 1.54) is 0 Å². The molecule has 5 rings (SSSR count). The van der Waals surface area contributed by atoms with Gasteiger partial charge in [0.05, 0.1) is 6.61 Å². The van der Waals surface area contributed by atoms with Gasteiger partial charge in [0.1, 0.15) is 6.61 Å². The van der Waals surface area contributed by atoms with E-state index >= 15 is 0 Å². The van der Waals surface area contributed by atoms with Crippen LogP contribution in [0.4, 0.5) is 4.79 Å². The fraction of sp³-hybridized carbons (Fsp3) is 0.562. The standard InChI is InChI=1S/C16H19NO3/c18-9-16-12-6-11(7-13(12)16)14(16)17-15(19)20-8-10-4-2-1-3-5-10/h1-5,11-14,18H,6-9H2,(H,17,19). The molecule has 3 unspecified atom stereocenters. The Bertz CT molecular complexity index is 518. The van der Waals surface area contributed by atoms with Gasteiger partial charge in [-0.05, 0) is 36.2 Å². The average molecular weight is 273 g/mol. The van der Waals surface area contributed by atoms with Gasteiger partial charge in [-0.1, -0.05) is 30.3 Å². The van der Waals surface area contributed by atoms with Crippen LogP contribution in [0.3, 0.4) is 0 Å². The highest BCUT2D eigenvalue weighted by atomic mass is 16.5. The third kappa shape index (κ3) is 1.54. The van der Waals surface area contributed by atoms with Gasteiger partial charge in [-0.3, -0.25) is 0 Å². The summed E-state index contributed by atoms with van der Waals surface area (Å²) < 4.78 is 5.28. The van der Waals surface area contributed by atoms with Gasteiger partial charge in [0.25, 0.3) is 0 Å². The molecule has 0 radical (unpaired) electrons. The second-order valence-electron chi connectivity index (χ2n) is 6.40. The summed E-state index contributed by atoms with van der Waals surface area (Å²) in [6.07, 6.45) is 1.97. The molecule has 4 nitrogen and oxygen atoms in total. The second-order valence-corrected chi connectivity index (χ2v) is 6.40. The number of carbonyl (C=O) groups excluding carboxylic acids is 1. The van der Waals surface area contributed by atoms with Crippen molar-refractivity contribution < 1.29 is 14.6 Å². The molecule has 1 aromatic rings. The fourth-order valence-electron chi connectivity index (χ4n) is 4.79. The van der Waals surface area contributed by atoms with Crippen molar-refractivity contribution in [3.63, 3.8) is 0 Å². The Kier molecular flexibility index (Phi) is 2.58. The first-order chi connectivity index (χ1) is 9.75. The lowest BCUT2D eigenvalue weighted by Crippen LogP contribution is -2.43. The summed E-state index contributed by atoms with van der Waals surface area (Å²) in [5.74, 6) is 1.82. The van der Waals surface area contributed by atoms with Gasteiger partial charge in [0, 0.05) is 11.5 Å². The van der Waals surface area contributed by atoms with Gasteiger partial charge >= 0.3 is 6.09 Å². The van der Waals surface area contributed by atoms with Crippen molar-refractivity contribution in [1.29, 1.82) is 0 Å². The topological polar surface area (TPSA) is 58.6 Å². The molecule has 4 bridgehead atoms. The molecule has 0 aromatic heterocycles. The molecule has 3 atom stereocenters. The van der Waals surface area contributed by atoms with Crippen LogP contribution >= 0.6 is 0 Å². The van der Waals surface area contributed by atoms with Crippen LogP contribution in [0.15, 0.2) is 30.3 Å². The Morgan fingerprint density at radius 3 is 2.65 bits per heavy atom. The summed E-state index contributed by atoms with van der Waals surface area (Å²) >= 11 is 0. The van der Waals surface area contributed by atoms with E-state index in [2.05, 4.69) is 5.32 Å². The number of hydrogen-bond donors (Lipinski definition) is 2. The Labute approximate surface area is 118 Å². The fourth-order valence-corrected chi connectivity index (χ4v) is 4.79. The number of hydrogen-bond acceptors (Lipinski definition) is 3. The van der Waals surface area contributed by atoms with Gasteiger partial charge in [0.2, 0.25) is 0 Å². The Morgan fingerprint density at radius 2 is 2.00 bits per heavy atom. The first kappa shape index (κ1) is 12.2. The van der Waals surface area contributed by atoms with Crippen molar-refractivity contribution in [2.24, 2.45) is 23.2 Å². The van der Waals surface area contributed by atoms with Gasteiger partial charge in [-0.2, -0.15) is 0 Å². The van der Waals surface area contributed by atoms with Crippen LogP contribution in [0, 0.1) is 23.2 Å². The minimum Gasteiger partial charge on any atom is -0.445 e. The maximum Gasteiger partial charge on any atom is 0.407 e. The zero-order valence-corrected chi connectivity index (χ0v) is 11.3. The minimum atomic E-state index is -0.357. The molecule has 1 aromatic carbocycles. The quantitative estimate of drug-likeness (QED) is 0.881. The second kappa shape index (κ2) is 4.22. The summed E-state index contributed by atoms with van der Waals surface area (Å²) in [5, 5.41) is 12.7. The molecule has 4 aliphatic carbocycles. The predicted octanol–water partition coefficient (Wildman–Crippen LogP) is 1.93. The van der Waals surface area contributed by atoms with Crippen molar-refractivity contribution in [1.82, 2.24) is 5.32 Å². The molecule has 4 aliphatic rings. The number of alkyl carbamates (subject to hydrolysis) is 1. The van der Waals surface area contributed by atoms with Gasteiger partial charge in [-0.25, -0.2) is 4.79 Å². The van der Waals surface area contributed by atoms with E-state index in [4.69, 9.17) is 4.74 Å². The van der Waals surface area contributed by atoms with Crippen LogP contribution in [0.2, 0.25) is 0 Å². The summed E-state index contributed by atoms with van der Waals surface area (Å²) in [7, 11) is 0. The number of aliphatic hydroxyl groups is 1. The summed E-state index contributed by atoms with van der Waals surface area (Å²) in [5.41, 5.74) is 0.968. The number of ether oxygens (including phenoxy) is 1. The number of carbonyl (C=O) groups is 1. The highest BCUT2D eigenvalue weighted by molar-refractivity contribution is 5.68. The maximum absolute atomic E-state index is 11.9. The molecule has 4 heteroatoms. The lowest BCUT2D eigenvalue weighted by molar-refractivity contribution is 0.120. The van der Waals surface area contributed by atoms with E-state index in [9.17, 15) is 9.90 Å². The number of aliphatic hydroxyl groups excluding tert-OH is 1. The van der Waals surface area contributed by atoms with E-state index < -0.39 is 0 Å². The minimum absolute atomic E-state index is 0.0174. The monoisotopic (exact) mass is 273 g/mol. The lowest BCUT2D eigenvalue weighted by atomic mass is 9.98. The molecule has 0 spiro atoms. The zero-order valence-electron chi connectivity index (χ0n) is 11.3. The number of amides is 1. The molecule has 4 fully saturated rings. The van der Waals surface area contributed by atoms with Crippen LogP contribution < -0.4 is 5.32 Å². The Balaban J connectivity index is 1.35. The lowest BCUT2D eigenvalue weighted by Gasteiger charge is -2.22. The normalized spacial score (nSPS) is 39.6. The molecule has 20 heavy (non-hydrogen) atoms. The van der Waals surface area contributed by atoms with E-state index in [-0.39, 0.29) is 24.2 Å². The molecule has 0 heterocycles. The third-order valence-electron chi connectivity index (χ3n) is 5.68. The predicted molar refractivity (Wildman–Crippen MR) is 72.8 cm³/mol. The van der Waals surface area contributed by atoms with Crippen LogP contribution in [0.5, 0.6) is 0 Å². The molecular formula is C16H19NO3. The summed E-state index contributed by atoms with van der Waals surface area (Å²) in [6, 6.07) is 9.78. The molecular weight excluding hydrogens is 254 g/mol. The van der Waals surface area contributed by atoms with E-state index in [0.717, 1.165) is 18.4 Å². The summed E-state index contributed by atoms with van der Waals surface area (Å²) in [6.45, 7) is 0.492.